The van der Waals surface area contributed by atoms with E-state index >= 15 is 0 Å². The Morgan fingerprint density at radius 1 is 0.600 bits per heavy atom. The number of carbonyl (C=O) groups is 1. The van der Waals surface area contributed by atoms with Crippen molar-refractivity contribution in [2.75, 3.05) is 33.0 Å². The summed E-state index contributed by atoms with van der Waals surface area (Å²) >= 11 is 0. The van der Waals surface area contributed by atoms with Crippen molar-refractivity contribution in [3.8, 4) is 0 Å². The lowest BCUT2D eigenvalue weighted by Crippen LogP contribution is -2.66. The van der Waals surface area contributed by atoms with E-state index < -0.39 is 149 Å². The molecule has 55 heavy (non-hydrogen) atoms. The maximum absolute atomic E-state index is 12.0. The molecule has 4 saturated heterocycles. The molecular weight excluding hydrogens is 742 g/mol. The minimum atomic E-state index is -1.76. The van der Waals surface area contributed by atoms with Crippen LogP contribution in [0.2, 0.25) is 0 Å². The number of nitrogens with one attached hydrogen (secondary N) is 1. The second-order valence-electron chi connectivity index (χ2n) is 14.4. The number of ether oxygens (including phenoxy) is 8. The van der Waals surface area contributed by atoms with Crippen LogP contribution in [0.15, 0.2) is 0 Å². The van der Waals surface area contributed by atoms with Crippen LogP contribution in [-0.4, -0.2) is 212 Å². The van der Waals surface area contributed by atoms with E-state index in [9.17, 15) is 61.0 Å². The van der Waals surface area contributed by atoms with Gasteiger partial charge in [-0.2, -0.15) is 0 Å². The number of rotatable bonds is 19. The molecule has 1 amide bonds. The fraction of sp³-hybridized carbons (Fsp3) is 0.971. The molecule has 4 fully saturated rings. The Labute approximate surface area is 318 Å². The van der Waals surface area contributed by atoms with Crippen molar-refractivity contribution in [1.29, 1.82) is 0 Å². The van der Waals surface area contributed by atoms with Crippen molar-refractivity contribution in [1.82, 2.24) is 5.32 Å². The highest BCUT2D eigenvalue weighted by atomic mass is 16.8. The van der Waals surface area contributed by atoms with Gasteiger partial charge in [0.15, 0.2) is 25.2 Å². The van der Waals surface area contributed by atoms with Crippen LogP contribution in [0.5, 0.6) is 0 Å². The van der Waals surface area contributed by atoms with Gasteiger partial charge in [-0.05, 0) is 6.42 Å². The number of unbranched alkanes of at least 4 members (excludes halogenated alkanes) is 5. The summed E-state index contributed by atoms with van der Waals surface area (Å²) in [7, 11) is 0. The maximum Gasteiger partial charge on any atom is 0.217 e. The van der Waals surface area contributed by atoms with Crippen molar-refractivity contribution in [2.24, 2.45) is 0 Å². The minimum absolute atomic E-state index is 0.144. The molecule has 0 aliphatic carbocycles. The molecule has 12 N–H and O–H groups in total. The van der Waals surface area contributed by atoms with Gasteiger partial charge in [-0.25, -0.2) is 0 Å². The van der Waals surface area contributed by atoms with Crippen LogP contribution in [0.4, 0.5) is 0 Å². The van der Waals surface area contributed by atoms with Crippen LogP contribution in [0, 0.1) is 0 Å². The standard InChI is InChI=1S/C34H61NO20/c1-3-4-5-6-7-8-9-48-34-29(47)30(25(43)21(54-34)14-49-33-28(46)27(45)24(42)20(13-38)53-33)55-31-17(10-16(40)18(11-36)51-31)50-32-22(35-15(2)39)26(44)23(41)19(12-37)52-32/h16-34,36-38,40-47H,3-14H2,1-2H3,(H,35,39)/t16-,17-,18+,19+,20+,21+,22+,23+,24+,25+,26+,27-,28-,29-,30-,31+,32+,33-,34+/m0/s1. The van der Waals surface area contributed by atoms with E-state index in [1.54, 1.807) is 0 Å². The lowest BCUT2D eigenvalue weighted by Gasteiger charge is -2.48. The fourth-order valence-corrected chi connectivity index (χ4v) is 6.98. The Morgan fingerprint density at radius 3 is 1.80 bits per heavy atom. The average molecular weight is 804 g/mol. The molecular formula is C34H61NO20. The van der Waals surface area contributed by atoms with Gasteiger partial charge < -0.3 is 99.4 Å². The molecule has 0 aromatic heterocycles. The average Bonchev–Trinajstić information content (AvgIpc) is 3.16. The lowest BCUT2D eigenvalue weighted by atomic mass is 9.96. The van der Waals surface area contributed by atoms with E-state index in [-0.39, 0.29) is 13.0 Å². The fourth-order valence-electron chi connectivity index (χ4n) is 6.98. The number of aliphatic hydroxyl groups excluding tert-OH is 11. The van der Waals surface area contributed by atoms with Crippen molar-refractivity contribution in [2.45, 2.75) is 175 Å². The molecule has 21 heteroatoms. The van der Waals surface area contributed by atoms with E-state index in [2.05, 4.69) is 12.2 Å². The SMILES string of the molecule is CCCCCCCCO[C@@H]1O[C@H](CO[C@H]2O[C@H](CO)[C@@H](O)[C@H](O)[C@@H]2O)[C@@H](O)[C@H](O[C@H]2O[C@H](CO)[C@@H](O)C[C@@H]2O[C@@H]2O[C@H](CO)[C@@H](O)[C@H](O)[C@H]2NC(C)=O)[C@@H]1O. The van der Waals surface area contributed by atoms with Gasteiger partial charge in [-0.1, -0.05) is 39.0 Å². The summed E-state index contributed by atoms with van der Waals surface area (Å²) in [6, 6.07) is -1.38. The Balaban J connectivity index is 1.55. The Hall–Kier alpha value is -1.29. The second kappa shape index (κ2) is 22.2. The van der Waals surface area contributed by atoms with E-state index in [1.165, 1.54) is 0 Å². The van der Waals surface area contributed by atoms with Crippen molar-refractivity contribution >= 4 is 5.91 Å². The zero-order valence-corrected chi connectivity index (χ0v) is 31.0. The van der Waals surface area contributed by atoms with Gasteiger partial charge in [0, 0.05) is 20.0 Å². The molecule has 4 aliphatic rings. The number of carbonyl (C=O) groups excluding carboxylic acids is 1. The number of amides is 1. The van der Waals surface area contributed by atoms with Gasteiger partial charge in [0.05, 0.1) is 32.5 Å². The molecule has 0 unspecified atom stereocenters. The van der Waals surface area contributed by atoms with Crippen molar-refractivity contribution < 1.29 is 98.9 Å². The zero-order chi connectivity index (χ0) is 40.4. The van der Waals surface area contributed by atoms with E-state index in [1.807, 2.05) is 0 Å². The first-order chi connectivity index (χ1) is 26.3. The topological polar surface area (TPSA) is 325 Å². The van der Waals surface area contributed by atoms with Crippen molar-refractivity contribution in [3.63, 3.8) is 0 Å². The van der Waals surface area contributed by atoms with Crippen LogP contribution >= 0.6 is 0 Å². The lowest BCUT2D eigenvalue weighted by molar-refractivity contribution is -0.373. The minimum Gasteiger partial charge on any atom is -0.394 e. The highest BCUT2D eigenvalue weighted by Gasteiger charge is 2.53. The summed E-state index contributed by atoms with van der Waals surface area (Å²) in [4.78, 5) is 12.0. The molecule has 0 bridgehead atoms. The quantitative estimate of drug-likeness (QED) is 0.0543. The number of hydrogen-bond acceptors (Lipinski definition) is 20. The van der Waals surface area contributed by atoms with Gasteiger partial charge in [-0.3, -0.25) is 4.79 Å². The zero-order valence-electron chi connectivity index (χ0n) is 31.0. The van der Waals surface area contributed by atoms with Gasteiger partial charge in [0.2, 0.25) is 5.91 Å². The first kappa shape index (κ1) is 46.4. The Bertz CT molecular complexity index is 1130. The van der Waals surface area contributed by atoms with Crippen LogP contribution in [0.25, 0.3) is 0 Å². The van der Waals surface area contributed by atoms with E-state index in [4.69, 9.17) is 37.9 Å². The first-order valence-corrected chi connectivity index (χ1v) is 19.0. The smallest absolute Gasteiger partial charge is 0.217 e. The third kappa shape index (κ3) is 11.9. The third-order valence-electron chi connectivity index (χ3n) is 10.2. The molecule has 322 valence electrons. The van der Waals surface area contributed by atoms with Crippen LogP contribution in [0.1, 0.15) is 58.8 Å². The Morgan fingerprint density at radius 2 is 1.16 bits per heavy atom. The van der Waals surface area contributed by atoms with E-state index in [0.29, 0.717) is 6.42 Å². The molecule has 0 spiro atoms. The summed E-state index contributed by atoms with van der Waals surface area (Å²) in [5.74, 6) is -0.624. The molecule has 0 aromatic rings. The molecule has 4 rings (SSSR count). The summed E-state index contributed by atoms with van der Waals surface area (Å²) in [6.45, 7) is 0.694. The van der Waals surface area contributed by atoms with Gasteiger partial charge >= 0.3 is 0 Å². The largest absolute Gasteiger partial charge is 0.394 e. The summed E-state index contributed by atoms with van der Waals surface area (Å²) in [5, 5.41) is 118. The predicted molar refractivity (Wildman–Crippen MR) is 181 cm³/mol. The maximum atomic E-state index is 12.0. The van der Waals surface area contributed by atoms with E-state index in [0.717, 1.165) is 39.0 Å². The second-order valence-corrected chi connectivity index (χ2v) is 14.4. The molecule has 0 radical (unpaired) electrons. The highest BCUT2D eigenvalue weighted by molar-refractivity contribution is 5.73. The molecule has 0 saturated carbocycles. The number of aliphatic hydroxyl groups is 11. The highest BCUT2D eigenvalue weighted by Crippen LogP contribution is 2.34. The van der Waals surface area contributed by atoms with Crippen LogP contribution < -0.4 is 5.32 Å². The summed E-state index contributed by atoms with van der Waals surface area (Å²) in [6.07, 6.45) is -22.3. The molecule has 4 heterocycles. The number of hydrogen-bond donors (Lipinski definition) is 12. The first-order valence-electron chi connectivity index (χ1n) is 19.0. The third-order valence-corrected chi connectivity index (χ3v) is 10.2. The van der Waals surface area contributed by atoms with Gasteiger partial charge in [-0.15, -0.1) is 0 Å². The van der Waals surface area contributed by atoms with Gasteiger partial charge in [0.1, 0.15) is 85.4 Å². The predicted octanol–water partition coefficient (Wildman–Crippen LogP) is -5.19. The normalized spacial score (nSPS) is 44.0. The van der Waals surface area contributed by atoms with Crippen molar-refractivity contribution in [3.05, 3.63) is 0 Å². The van der Waals surface area contributed by atoms with Gasteiger partial charge in [0.25, 0.3) is 0 Å². The summed E-state index contributed by atoms with van der Waals surface area (Å²) < 4.78 is 46.5. The molecule has 0 aromatic carbocycles. The molecule has 4 aliphatic heterocycles. The van der Waals surface area contributed by atoms with Crippen LogP contribution in [-0.2, 0) is 42.7 Å². The Kier molecular flexibility index (Phi) is 18.7. The summed E-state index contributed by atoms with van der Waals surface area (Å²) in [5.41, 5.74) is 0. The van der Waals surface area contributed by atoms with Crippen LogP contribution in [0.3, 0.4) is 0 Å². The molecule has 19 atom stereocenters. The molecule has 21 nitrogen and oxygen atoms in total. The monoisotopic (exact) mass is 803 g/mol.